The maximum atomic E-state index is 12.3. The first-order valence-electron chi connectivity index (χ1n) is 10.3. The second-order valence-electron chi connectivity index (χ2n) is 6.77. The molecule has 2 aromatic carbocycles. The van der Waals surface area contributed by atoms with Crippen LogP contribution in [0.15, 0.2) is 46.0 Å². The fourth-order valence-corrected chi connectivity index (χ4v) is 3.20. The van der Waals surface area contributed by atoms with Gasteiger partial charge >= 0.3 is 0 Å². The molecule has 9 heteroatoms. The second-order valence-corrected chi connectivity index (χ2v) is 7.62. The largest absolute Gasteiger partial charge is 0.497 e. The van der Waals surface area contributed by atoms with Gasteiger partial charge in [0.1, 0.15) is 11.8 Å². The number of benzene rings is 2. The quantitative estimate of drug-likeness (QED) is 0.356. The van der Waals surface area contributed by atoms with Gasteiger partial charge in [-0.25, -0.2) is 5.43 Å². The molecule has 0 radical (unpaired) electrons. The minimum Gasteiger partial charge on any atom is -0.497 e. The molecule has 0 aliphatic heterocycles. The Bertz CT molecular complexity index is 947. The van der Waals surface area contributed by atoms with Crippen molar-refractivity contribution >= 4 is 34.0 Å². The van der Waals surface area contributed by atoms with Crippen LogP contribution in [-0.4, -0.2) is 44.4 Å². The lowest BCUT2D eigenvalue weighted by Gasteiger charge is -2.14. The summed E-state index contributed by atoms with van der Waals surface area (Å²) in [4.78, 5) is 24.6. The van der Waals surface area contributed by atoms with Crippen molar-refractivity contribution in [2.45, 2.75) is 33.2 Å². The Balaban J connectivity index is 1.98. The summed E-state index contributed by atoms with van der Waals surface area (Å²) in [5.41, 5.74) is 3.57. The minimum atomic E-state index is -0.780. The third kappa shape index (κ3) is 7.26. The summed E-state index contributed by atoms with van der Waals surface area (Å²) in [7, 11) is 1.55. The molecule has 0 bridgehead atoms. The molecule has 0 fully saturated rings. The van der Waals surface area contributed by atoms with Gasteiger partial charge in [0.25, 0.3) is 11.8 Å². The number of hydrazone groups is 1. The normalized spacial score (nSPS) is 11.7. The van der Waals surface area contributed by atoms with E-state index in [4.69, 9.17) is 14.2 Å². The van der Waals surface area contributed by atoms with Gasteiger partial charge in [-0.15, -0.1) is 0 Å². The van der Waals surface area contributed by atoms with Crippen LogP contribution >= 0.6 is 15.9 Å². The molecule has 172 valence electrons. The highest BCUT2D eigenvalue weighted by atomic mass is 79.9. The lowest BCUT2D eigenvalue weighted by atomic mass is 10.2. The highest BCUT2D eigenvalue weighted by molar-refractivity contribution is 9.10. The molecule has 0 aliphatic carbocycles. The van der Waals surface area contributed by atoms with Gasteiger partial charge < -0.3 is 19.5 Å². The molecule has 0 aromatic heterocycles. The van der Waals surface area contributed by atoms with Crippen molar-refractivity contribution in [3.63, 3.8) is 0 Å². The van der Waals surface area contributed by atoms with E-state index in [1.54, 1.807) is 44.4 Å². The van der Waals surface area contributed by atoms with Crippen LogP contribution in [0.4, 0.5) is 0 Å². The van der Waals surface area contributed by atoms with Crippen molar-refractivity contribution in [3.05, 3.63) is 52.0 Å². The van der Waals surface area contributed by atoms with E-state index in [1.807, 2.05) is 19.9 Å². The zero-order chi connectivity index (χ0) is 23.5. The molecular weight excluding hydrogens is 478 g/mol. The molecule has 0 heterocycles. The number of nitrogens with one attached hydrogen (secondary N) is 2. The fourth-order valence-electron chi connectivity index (χ4n) is 2.62. The standard InChI is InChI=1S/C23H28BrN3O5/c1-5-11-32-21-19(24)12-16(13-20(21)31-6-2)14-25-27-22(28)15(3)26-23(29)17-7-9-18(30-4)10-8-17/h7-10,12-15H,5-6,11H2,1-4H3,(H,26,29)(H,27,28). The number of nitrogens with zero attached hydrogens (tertiary/aromatic N) is 1. The SMILES string of the molecule is CCCOc1c(Br)cc(C=NNC(=O)C(C)NC(=O)c2ccc(OC)cc2)cc1OCC. The number of carbonyl (C=O) groups is 2. The average molecular weight is 506 g/mol. The zero-order valence-electron chi connectivity index (χ0n) is 18.6. The summed E-state index contributed by atoms with van der Waals surface area (Å²) in [6, 6.07) is 9.42. The van der Waals surface area contributed by atoms with Crippen molar-refractivity contribution < 1.29 is 23.8 Å². The van der Waals surface area contributed by atoms with E-state index in [2.05, 4.69) is 31.8 Å². The molecular formula is C23H28BrN3O5. The highest BCUT2D eigenvalue weighted by Gasteiger charge is 2.16. The van der Waals surface area contributed by atoms with Gasteiger partial charge in [-0.1, -0.05) is 6.92 Å². The van der Waals surface area contributed by atoms with E-state index < -0.39 is 11.9 Å². The predicted octanol–water partition coefficient (Wildman–Crippen LogP) is 3.91. The Morgan fingerprint density at radius 1 is 1.16 bits per heavy atom. The third-order valence-electron chi connectivity index (χ3n) is 4.26. The van der Waals surface area contributed by atoms with Crippen molar-refractivity contribution in [2.75, 3.05) is 20.3 Å². The molecule has 0 aliphatic rings. The van der Waals surface area contributed by atoms with Crippen LogP contribution < -0.4 is 25.0 Å². The Morgan fingerprint density at radius 3 is 2.50 bits per heavy atom. The number of halogens is 1. The molecule has 2 rings (SSSR count). The van der Waals surface area contributed by atoms with Crippen LogP contribution in [0.2, 0.25) is 0 Å². The smallest absolute Gasteiger partial charge is 0.262 e. The summed E-state index contributed by atoms with van der Waals surface area (Å²) in [5, 5.41) is 6.62. The molecule has 0 spiro atoms. The van der Waals surface area contributed by atoms with Gasteiger partial charge in [0.15, 0.2) is 11.5 Å². The van der Waals surface area contributed by atoms with Gasteiger partial charge in [-0.05, 0) is 78.2 Å². The van der Waals surface area contributed by atoms with Crippen LogP contribution in [0.3, 0.4) is 0 Å². The van der Waals surface area contributed by atoms with Gasteiger partial charge in [-0.2, -0.15) is 5.10 Å². The molecule has 2 aromatic rings. The van der Waals surface area contributed by atoms with Crippen molar-refractivity contribution in [3.8, 4) is 17.2 Å². The Kier molecular flexibility index (Phi) is 10.0. The molecule has 2 N–H and O–H groups in total. The van der Waals surface area contributed by atoms with Crippen LogP contribution in [-0.2, 0) is 4.79 Å². The molecule has 1 unspecified atom stereocenters. The number of methoxy groups -OCH3 is 1. The second kappa shape index (κ2) is 12.7. The van der Waals surface area contributed by atoms with Crippen molar-refractivity contribution in [2.24, 2.45) is 5.10 Å². The monoisotopic (exact) mass is 505 g/mol. The maximum Gasteiger partial charge on any atom is 0.262 e. The first-order valence-corrected chi connectivity index (χ1v) is 11.1. The first kappa shape index (κ1) is 25.2. The number of carbonyl (C=O) groups excluding carboxylic acids is 2. The molecule has 0 saturated heterocycles. The van der Waals surface area contributed by atoms with E-state index in [0.29, 0.717) is 41.6 Å². The fraction of sp³-hybridized carbons (Fsp3) is 0.348. The molecule has 1 atom stereocenters. The number of rotatable bonds is 11. The number of hydrogen-bond donors (Lipinski definition) is 2. The minimum absolute atomic E-state index is 0.368. The first-order chi connectivity index (χ1) is 15.4. The van der Waals surface area contributed by atoms with E-state index in [1.165, 1.54) is 6.21 Å². The van der Waals surface area contributed by atoms with Crippen LogP contribution in [0.1, 0.15) is 43.1 Å². The van der Waals surface area contributed by atoms with Crippen molar-refractivity contribution in [1.29, 1.82) is 0 Å². The number of amides is 2. The highest BCUT2D eigenvalue weighted by Crippen LogP contribution is 2.36. The van der Waals surface area contributed by atoms with Gasteiger partial charge in [0.2, 0.25) is 0 Å². The summed E-state index contributed by atoms with van der Waals surface area (Å²) >= 11 is 3.49. The molecule has 8 nitrogen and oxygen atoms in total. The van der Waals surface area contributed by atoms with E-state index in [0.717, 1.165) is 10.9 Å². The summed E-state index contributed by atoms with van der Waals surface area (Å²) in [6.45, 7) is 6.55. The summed E-state index contributed by atoms with van der Waals surface area (Å²) < 4.78 is 17.2. The Labute approximate surface area is 196 Å². The van der Waals surface area contributed by atoms with Crippen molar-refractivity contribution in [1.82, 2.24) is 10.7 Å². The van der Waals surface area contributed by atoms with Crippen LogP contribution in [0.5, 0.6) is 17.2 Å². The van der Waals surface area contributed by atoms with E-state index in [9.17, 15) is 9.59 Å². The molecule has 0 saturated carbocycles. The molecule has 32 heavy (non-hydrogen) atoms. The zero-order valence-corrected chi connectivity index (χ0v) is 20.2. The van der Waals surface area contributed by atoms with Gasteiger partial charge in [-0.3, -0.25) is 9.59 Å². The Morgan fingerprint density at radius 2 is 1.88 bits per heavy atom. The predicted molar refractivity (Wildman–Crippen MR) is 127 cm³/mol. The average Bonchev–Trinajstić information content (AvgIpc) is 2.78. The summed E-state index contributed by atoms with van der Waals surface area (Å²) in [5.74, 6) is 1.04. The third-order valence-corrected chi connectivity index (χ3v) is 4.85. The van der Waals surface area contributed by atoms with Gasteiger partial charge in [0.05, 0.1) is 31.0 Å². The lowest BCUT2D eigenvalue weighted by molar-refractivity contribution is -0.122. The van der Waals surface area contributed by atoms with E-state index >= 15 is 0 Å². The number of hydrogen-bond acceptors (Lipinski definition) is 6. The van der Waals surface area contributed by atoms with Crippen LogP contribution in [0, 0.1) is 0 Å². The van der Waals surface area contributed by atoms with Crippen LogP contribution in [0.25, 0.3) is 0 Å². The molecule has 2 amide bonds. The maximum absolute atomic E-state index is 12.3. The van der Waals surface area contributed by atoms with E-state index in [-0.39, 0.29) is 5.91 Å². The van der Waals surface area contributed by atoms with Gasteiger partial charge in [0, 0.05) is 5.56 Å². The Hall–Kier alpha value is -3.07. The summed E-state index contributed by atoms with van der Waals surface area (Å²) in [6.07, 6.45) is 2.37. The lowest BCUT2D eigenvalue weighted by Crippen LogP contribution is -2.43. The topological polar surface area (TPSA) is 98.2 Å². The number of ether oxygens (including phenoxy) is 3.